The van der Waals surface area contributed by atoms with Crippen LogP contribution in [-0.2, 0) is 24.2 Å². The average Bonchev–Trinajstić information content (AvgIpc) is 3.14. The van der Waals surface area contributed by atoms with Gasteiger partial charge in [0.1, 0.15) is 0 Å². The number of aromatic nitrogens is 2. The summed E-state index contributed by atoms with van der Waals surface area (Å²) < 4.78 is 18.0. The lowest BCUT2D eigenvalue weighted by atomic mass is 9.98. The molecule has 0 fully saturated rings. The lowest BCUT2D eigenvalue weighted by Crippen LogP contribution is -2.26. The molecule has 1 N–H and O–H groups in total. The smallest absolute Gasteiger partial charge is 0.244 e. The van der Waals surface area contributed by atoms with Gasteiger partial charge in [-0.2, -0.15) is 5.10 Å². The van der Waals surface area contributed by atoms with E-state index in [0.29, 0.717) is 30.3 Å². The number of hydrogen-bond acceptors (Lipinski definition) is 5. The number of carbonyl (C=O) groups excluding carboxylic acids is 1. The summed E-state index contributed by atoms with van der Waals surface area (Å²) in [5.74, 6) is 1.46. The molecule has 0 saturated heterocycles. The summed E-state index contributed by atoms with van der Waals surface area (Å²) in [7, 11) is 4.68. The first kappa shape index (κ1) is 19.8. The number of amides is 1. The standard InChI is InChI=1S/C21H27N3O4/c1-26-18-12-15(13-19(27-2)21(18)28-3)8-9-20(25)22-10-11-24-17-7-5-4-6-16(17)14-23-24/h8-9,12-14H,4-7,10-11H2,1-3H3,(H,22,25)/b9-8+. The first-order valence-electron chi connectivity index (χ1n) is 9.45. The third-order valence-electron chi connectivity index (χ3n) is 4.88. The highest BCUT2D eigenvalue weighted by Gasteiger charge is 2.15. The molecule has 1 aromatic carbocycles. The molecule has 2 aromatic rings. The van der Waals surface area contributed by atoms with Crippen LogP contribution in [-0.4, -0.2) is 43.6 Å². The summed E-state index contributed by atoms with van der Waals surface area (Å²) >= 11 is 0. The minimum Gasteiger partial charge on any atom is -0.493 e. The van der Waals surface area contributed by atoms with Crippen molar-refractivity contribution in [2.45, 2.75) is 32.2 Å². The first-order valence-corrected chi connectivity index (χ1v) is 9.45. The number of nitrogens with zero attached hydrogens (tertiary/aromatic N) is 2. The molecule has 3 rings (SSSR count). The molecule has 1 aliphatic carbocycles. The number of methoxy groups -OCH3 is 3. The van der Waals surface area contributed by atoms with Crippen molar-refractivity contribution < 1.29 is 19.0 Å². The van der Waals surface area contributed by atoms with Gasteiger partial charge in [0.05, 0.1) is 34.1 Å². The van der Waals surface area contributed by atoms with Gasteiger partial charge in [-0.3, -0.25) is 9.48 Å². The van der Waals surface area contributed by atoms with E-state index in [0.717, 1.165) is 18.4 Å². The second-order valence-corrected chi connectivity index (χ2v) is 6.63. The van der Waals surface area contributed by atoms with Crippen molar-refractivity contribution >= 4 is 12.0 Å². The van der Waals surface area contributed by atoms with Crippen molar-refractivity contribution in [2.75, 3.05) is 27.9 Å². The summed E-state index contributed by atoms with van der Waals surface area (Å²) in [5.41, 5.74) is 3.44. The van der Waals surface area contributed by atoms with E-state index in [2.05, 4.69) is 10.4 Å². The number of carbonyl (C=O) groups is 1. The Labute approximate surface area is 165 Å². The van der Waals surface area contributed by atoms with Crippen LogP contribution in [0.4, 0.5) is 0 Å². The predicted octanol–water partition coefficient (Wildman–Crippen LogP) is 2.62. The highest BCUT2D eigenvalue weighted by atomic mass is 16.5. The topological polar surface area (TPSA) is 74.6 Å². The van der Waals surface area contributed by atoms with E-state index in [9.17, 15) is 4.79 Å². The predicted molar refractivity (Wildman–Crippen MR) is 107 cm³/mol. The molecule has 0 saturated carbocycles. The SMILES string of the molecule is COc1cc(/C=C/C(=O)NCCn2ncc3c2CCCC3)cc(OC)c1OC. The number of ether oxygens (including phenoxy) is 3. The molecule has 0 atom stereocenters. The molecular weight excluding hydrogens is 358 g/mol. The van der Waals surface area contributed by atoms with Crippen LogP contribution in [0.2, 0.25) is 0 Å². The highest BCUT2D eigenvalue weighted by Crippen LogP contribution is 2.38. The van der Waals surface area contributed by atoms with E-state index in [1.807, 2.05) is 10.9 Å². The maximum Gasteiger partial charge on any atom is 0.244 e. The minimum absolute atomic E-state index is 0.158. The zero-order chi connectivity index (χ0) is 19.9. The molecule has 0 spiro atoms. The van der Waals surface area contributed by atoms with Gasteiger partial charge in [0.15, 0.2) is 11.5 Å². The van der Waals surface area contributed by atoms with Crippen molar-refractivity contribution in [3.8, 4) is 17.2 Å². The van der Waals surface area contributed by atoms with Crippen LogP contribution in [0, 0.1) is 0 Å². The molecule has 0 radical (unpaired) electrons. The summed E-state index contributed by atoms with van der Waals surface area (Å²) in [6.45, 7) is 1.21. The maximum absolute atomic E-state index is 12.2. The van der Waals surface area contributed by atoms with Gasteiger partial charge in [-0.05, 0) is 55.0 Å². The zero-order valence-electron chi connectivity index (χ0n) is 16.7. The van der Waals surface area contributed by atoms with E-state index in [1.165, 1.54) is 30.2 Å². The van der Waals surface area contributed by atoms with Crippen molar-refractivity contribution in [3.05, 3.63) is 41.2 Å². The van der Waals surface area contributed by atoms with E-state index >= 15 is 0 Å². The average molecular weight is 385 g/mol. The molecule has 1 amide bonds. The fourth-order valence-corrected chi connectivity index (χ4v) is 3.46. The molecule has 0 unspecified atom stereocenters. The Bertz CT molecular complexity index is 832. The molecule has 7 nitrogen and oxygen atoms in total. The van der Waals surface area contributed by atoms with Crippen molar-refractivity contribution in [1.29, 1.82) is 0 Å². The van der Waals surface area contributed by atoms with E-state index in [1.54, 1.807) is 39.5 Å². The quantitative estimate of drug-likeness (QED) is 0.707. The number of benzene rings is 1. The Morgan fingerprint density at radius 1 is 1.14 bits per heavy atom. The Morgan fingerprint density at radius 2 is 1.86 bits per heavy atom. The van der Waals surface area contributed by atoms with Gasteiger partial charge in [-0.15, -0.1) is 0 Å². The van der Waals surface area contributed by atoms with Crippen LogP contribution in [0.3, 0.4) is 0 Å². The van der Waals surface area contributed by atoms with Gasteiger partial charge in [0.25, 0.3) is 0 Å². The Kier molecular flexibility index (Phi) is 6.57. The molecule has 1 aliphatic rings. The fourth-order valence-electron chi connectivity index (χ4n) is 3.46. The molecule has 0 aliphatic heterocycles. The third-order valence-corrected chi connectivity index (χ3v) is 4.88. The van der Waals surface area contributed by atoms with Gasteiger partial charge in [0.2, 0.25) is 11.7 Å². The molecule has 1 aromatic heterocycles. The summed E-state index contributed by atoms with van der Waals surface area (Å²) in [6.07, 6.45) is 9.81. The minimum atomic E-state index is -0.158. The zero-order valence-corrected chi connectivity index (χ0v) is 16.7. The third kappa shape index (κ3) is 4.47. The maximum atomic E-state index is 12.2. The van der Waals surface area contributed by atoms with Crippen LogP contribution in [0.25, 0.3) is 6.08 Å². The molecule has 0 bridgehead atoms. The second kappa shape index (κ2) is 9.30. The highest BCUT2D eigenvalue weighted by molar-refractivity contribution is 5.91. The van der Waals surface area contributed by atoms with Gasteiger partial charge in [-0.25, -0.2) is 0 Å². The van der Waals surface area contributed by atoms with Crippen molar-refractivity contribution in [2.24, 2.45) is 0 Å². The van der Waals surface area contributed by atoms with Gasteiger partial charge >= 0.3 is 0 Å². The Morgan fingerprint density at radius 3 is 2.54 bits per heavy atom. The van der Waals surface area contributed by atoms with E-state index in [4.69, 9.17) is 14.2 Å². The second-order valence-electron chi connectivity index (χ2n) is 6.63. The van der Waals surface area contributed by atoms with Crippen molar-refractivity contribution in [1.82, 2.24) is 15.1 Å². The molecule has 150 valence electrons. The number of aryl methyl sites for hydroxylation is 1. The monoisotopic (exact) mass is 385 g/mol. The van der Waals surface area contributed by atoms with E-state index in [-0.39, 0.29) is 5.91 Å². The lowest BCUT2D eigenvalue weighted by Gasteiger charge is -2.14. The fraction of sp³-hybridized carbons (Fsp3) is 0.429. The normalized spacial score (nSPS) is 13.2. The summed E-state index contributed by atoms with van der Waals surface area (Å²) in [6, 6.07) is 3.59. The van der Waals surface area contributed by atoms with Crippen molar-refractivity contribution in [3.63, 3.8) is 0 Å². The number of fused-ring (bicyclic) bond motifs is 1. The van der Waals surface area contributed by atoms with Crippen LogP contribution in [0.15, 0.2) is 24.4 Å². The molecule has 1 heterocycles. The number of rotatable bonds is 8. The van der Waals surface area contributed by atoms with Crippen LogP contribution in [0.5, 0.6) is 17.2 Å². The number of hydrogen-bond donors (Lipinski definition) is 1. The number of nitrogens with one attached hydrogen (secondary N) is 1. The van der Waals surface area contributed by atoms with Gasteiger partial charge in [0, 0.05) is 18.3 Å². The lowest BCUT2D eigenvalue weighted by molar-refractivity contribution is -0.116. The Balaban J connectivity index is 1.57. The summed E-state index contributed by atoms with van der Waals surface area (Å²) in [4.78, 5) is 12.2. The first-order chi connectivity index (χ1) is 13.7. The van der Waals surface area contributed by atoms with Crippen LogP contribution >= 0.6 is 0 Å². The van der Waals surface area contributed by atoms with Crippen LogP contribution < -0.4 is 19.5 Å². The Hall–Kier alpha value is -2.96. The van der Waals surface area contributed by atoms with Crippen LogP contribution in [0.1, 0.15) is 29.7 Å². The summed E-state index contributed by atoms with van der Waals surface area (Å²) in [5, 5.41) is 7.35. The largest absolute Gasteiger partial charge is 0.493 e. The molecular formula is C21H27N3O4. The molecule has 7 heteroatoms. The molecule has 28 heavy (non-hydrogen) atoms. The van der Waals surface area contributed by atoms with E-state index < -0.39 is 0 Å². The van der Waals surface area contributed by atoms with Gasteiger partial charge < -0.3 is 19.5 Å². The van der Waals surface area contributed by atoms with Gasteiger partial charge in [-0.1, -0.05) is 0 Å².